The third kappa shape index (κ3) is 3.90. The van der Waals surface area contributed by atoms with Crippen molar-refractivity contribution in [3.05, 3.63) is 168 Å². The Labute approximate surface area is 241 Å². The Morgan fingerprint density at radius 2 is 0.721 bits per heavy atom. The first kappa shape index (κ1) is 25.6. The molecule has 0 saturated heterocycles. The molecule has 0 unspecified atom stereocenters. The second-order valence-corrected chi connectivity index (χ2v) is 9.61. The number of rotatable bonds is 4. The van der Waals surface area contributed by atoms with E-state index in [1.807, 2.05) is 0 Å². The van der Waals surface area contributed by atoms with E-state index < -0.39 is 33.5 Å². The topological polar surface area (TPSA) is 128 Å². The van der Waals surface area contributed by atoms with E-state index in [1.165, 1.54) is 0 Å². The first-order chi connectivity index (χ1) is 21.0. The van der Waals surface area contributed by atoms with Gasteiger partial charge in [-0.15, -0.1) is 4.73 Å². The molecule has 0 amide bonds. The van der Waals surface area contributed by atoms with Gasteiger partial charge < -0.3 is 5.21 Å². The number of benzene rings is 4. The minimum atomic E-state index is -0.967. The van der Waals surface area contributed by atoms with Crippen molar-refractivity contribution in [2.24, 2.45) is 0 Å². The van der Waals surface area contributed by atoms with Gasteiger partial charge in [-0.1, -0.05) is 72.8 Å². The zero-order chi connectivity index (χ0) is 29.7. The van der Waals surface area contributed by atoms with Gasteiger partial charge in [0.05, 0.1) is 22.7 Å². The first-order valence-electron chi connectivity index (χ1n) is 13.2. The van der Waals surface area contributed by atoms with Gasteiger partial charge in [-0.25, -0.2) is 27.9 Å². The van der Waals surface area contributed by atoms with Crippen molar-refractivity contribution in [1.29, 1.82) is 0 Å². The summed E-state index contributed by atoms with van der Waals surface area (Å²) >= 11 is 0. The SMILES string of the molecule is O=c1c2c(nc3c(c(=O)n(-c4ccccc4)c(=O)n3-c3ccccc3)[n+]2[O-])n(-c2ccccc2)c(=O)n1-c1ccccc1. The standard InChI is InChI=1S/C32H20N6O5/c39-29-25-27(34(21-13-5-1-6-14-21)31(41)36(29)23-17-9-3-10-18-23)33-28-26(38(25)43)30(40)37(24-19-11-4-12-20-24)32(42)35(28)22-15-7-2-8-16-22/h1-20H. The fourth-order valence-corrected chi connectivity index (χ4v) is 5.17. The maximum atomic E-state index is 14.3. The summed E-state index contributed by atoms with van der Waals surface area (Å²) in [6.07, 6.45) is 0. The summed E-state index contributed by atoms with van der Waals surface area (Å²) < 4.78 is 4.15. The molecule has 208 valence electrons. The van der Waals surface area contributed by atoms with Gasteiger partial charge in [-0.05, 0) is 48.5 Å². The third-order valence-corrected chi connectivity index (χ3v) is 7.10. The Bertz CT molecular complexity index is 2250. The molecule has 43 heavy (non-hydrogen) atoms. The predicted octanol–water partition coefficient (Wildman–Crippen LogP) is 2.62. The quantitative estimate of drug-likeness (QED) is 0.183. The van der Waals surface area contributed by atoms with Crippen LogP contribution in [-0.2, 0) is 0 Å². The molecule has 0 bridgehead atoms. The van der Waals surface area contributed by atoms with Crippen molar-refractivity contribution < 1.29 is 4.73 Å². The molecular weight excluding hydrogens is 548 g/mol. The minimum Gasteiger partial charge on any atom is -0.617 e. The van der Waals surface area contributed by atoms with Crippen molar-refractivity contribution in [2.75, 3.05) is 0 Å². The lowest BCUT2D eigenvalue weighted by atomic mass is 10.2. The van der Waals surface area contributed by atoms with Gasteiger partial charge in [0.25, 0.3) is 0 Å². The summed E-state index contributed by atoms with van der Waals surface area (Å²) in [6.45, 7) is 0. The molecule has 0 aliphatic carbocycles. The molecular formula is C32H20N6O5. The summed E-state index contributed by atoms with van der Waals surface area (Å²) in [7, 11) is 0. The summed E-state index contributed by atoms with van der Waals surface area (Å²) in [5.41, 5.74) is -4.13. The average Bonchev–Trinajstić information content (AvgIpc) is 3.03. The van der Waals surface area contributed by atoms with E-state index in [9.17, 15) is 24.4 Å². The van der Waals surface area contributed by atoms with Crippen LogP contribution in [-0.4, -0.2) is 23.3 Å². The second kappa shape index (κ2) is 9.93. The number of aromatic nitrogens is 6. The fraction of sp³-hybridized carbons (Fsp3) is 0. The van der Waals surface area contributed by atoms with Crippen molar-refractivity contribution in [2.45, 2.75) is 0 Å². The average molecular weight is 569 g/mol. The molecule has 0 fully saturated rings. The number of hydrogen-bond acceptors (Lipinski definition) is 6. The van der Waals surface area contributed by atoms with Crippen LogP contribution in [0.15, 0.2) is 141 Å². The lowest BCUT2D eigenvalue weighted by Crippen LogP contribution is -2.49. The molecule has 0 N–H and O–H groups in total. The summed E-state index contributed by atoms with van der Waals surface area (Å²) in [4.78, 5) is 60.6. The zero-order valence-corrected chi connectivity index (χ0v) is 22.3. The molecule has 0 spiro atoms. The van der Waals surface area contributed by atoms with Crippen molar-refractivity contribution in [1.82, 2.24) is 23.3 Å². The van der Waals surface area contributed by atoms with Gasteiger partial charge in [0.1, 0.15) is 0 Å². The number of fused-ring (bicyclic) bond motifs is 2. The molecule has 0 aliphatic rings. The van der Waals surface area contributed by atoms with Crippen LogP contribution in [0.5, 0.6) is 0 Å². The van der Waals surface area contributed by atoms with Crippen LogP contribution in [0.2, 0.25) is 0 Å². The van der Waals surface area contributed by atoms with Crippen molar-refractivity contribution in [3.8, 4) is 22.7 Å². The lowest BCUT2D eigenvalue weighted by molar-refractivity contribution is -0.549. The van der Waals surface area contributed by atoms with E-state index in [2.05, 4.69) is 4.98 Å². The van der Waals surface area contributed by atoms with Crippen molar-refractivity contribution >= 4 is 22.3 Å². The highest BCUT2D eigenvalue weighted by atomic mass is 16.5. The Hall–Kier alpha value is -6.36. The normalized spacial score (nSPS) is 11.3. The molecule has 7 aromatic rings. The maximum Gasteiger partial charge on any atom is 0.342 e. The van der Waals surface area contributed by atoms with Crippen LogP contribution >= 0.6 is 0 Å². The molecule has 0 saturated carbocycles. The minimum absolute atomic E-state index is 0.180. The van der Waals surface area contributed by atoms with Gasteiger partial charge in [-0.2, -0.15) is 4.98 Å². The van der Waals surface area contributed by atoms with Crippen LogP contribution in [0.3, 0.4) is 0 Å². The van der Waals surface area contributed by atoms with E-state index in [1.54, 1.807) is 121 Å². The highest BCUT2D eigenvalue weighted by Gasteiger charge is 2.30. The molecule has 11 nitrogen and oxygen atoms in total. The monoisotopic (exact) mass is 568 g/mol. The van der Waals surface area contributed by atoms with Gasteiger partial charge in [0.15, 0.2) is 0 Å². The zero-order valence-electron chi connectivity index (χ0n) is 22.3. The summed E-state index contributed by atoms with van der Waals surface area (Å²) in [6, 6.07) is 33.1. The van der Waals surface area contributed by atoms with E-state index >= 15 is 0 Å². The van der Waals surface area contributed by atoms with E-state index in [4.69, 9.17) is 0 Å². The first-order valence-corrected chi connectivity index (χ1v) is 13.2. The van der Waals surface area contributed by atoms with Crippen LogP contribution in [0.1, 0.15) is 0 Å². The van der Waals surface area contributed by atoms with Crippen LogP contribution in [0, 0.1) is 5.21 Å². The molecule has 4 aromatic carbocycles. The van der Waals surface area contributed by atoms with Crippen LogP contribution in [0.4, 0.5) is 0 Å². The van der Waals surface area contributed by atoms with Crippen LogP contribution < -0.4 is 27.2 Å². The second-order valence-electron chi connectivity index (χ2n) is 9.61. The Morgan fingerprint density at radius 3 is 1.02 bits per heavy atom. The highest BCUT2D eigenvalue weighted by molar-refractivity contribution is 5.79. The van der Waals surface area contributed by atoms with Gasteiger partial charge in [-0.3, -0.25) is 9.59 Å². The van der Waals surface area contributed by atoms with Gasteiger partial charge >= 0.3 is 33.5 Å². The highest BCUT2D eigenvalue weighted by Crippen LogP contribution is 2.17. The summed E-state index contributed by atoms with van der Waals surface area (Å²) in [5, 5.41) is 14.3. The molecule has 7 rings (SSSR count). The molecule has 0 radical (unpaired) electrons. The lowest BCUT2D eigenvalue weighted by Gasteiger charge is -2.16. The smallest absolute Gasteiger partial charge is 0.342 e. The fourth-order valence-electron chi connectivity index (χ4n) is 5.17. The van der Waals surface area contributed by atoms with Gasteiger partial charge in [0, 0.05) is 0 Å². The molecule has 3 aromatic heterocycles. The van der Waals surface area contributed by atoms with E-state index in [0.29, 0.717) is 11.4 Å². The maximum absolute atomic E-state index is 14.3. The van der Waals surface area contributed by atoms with Crippen LogP contribution in [0.25, 0.3) is 45.1 Å². The van der Waals surface area contributed by atoms with E-state index in [0.717, 1.165) is 18.3 Å². The number of nitrogens with zero attached hydrogens (tertiary/aromatic N) is 6. The Kier molecular flexibility index (Phi) is 5.91. The predicted molar refractivity (Wildman–Crippen MR) is 161 cm³/mol. The molecule has 3 heterocycles. The Morgan fingerprint density at radius 1 is 0.442 bits per heavy atom. The summed E-state index contributed by atoms with van der Waals surface area (Å²) in [5.74, 6) is 0. The molecule has 11 heteroatoms. The largest absolute Gasteiger partial charge is 0.617 e. The van der Waals surface area contributed by atoms with E-state index in [-0.39, 0.29) is 27.4 Å². The Balaban J connectivity index is 1.76. The molecule has 0 atom stereocenters. The molecule has 0 aliphatic heterocycles. The number of hydrogen-bond donors (Lipinski definition) is 0. The number of para-hydroxylation sites is 4. The van der Waals surface area contributed by atoms with Crippen molar-refractivity contribution in [3.63, 3.8) is 0 Å². The van der Waals surface area contributed by atoms with Gasteiger partial charge in [0.2, 0.25) is 11.3 Å². The third-order valence-electron chi connectivity index (χ3n) is 7.10.